The summed E-state index contributed by atoms with van der Waals surface area (Å²) in [6.07, 6.45) is 3.28. The third-order valence-corrected chi connectivity index (χ3v) is 0.881. The van der Waals surface area contributed by atoms with Gasteiger partial charge in [-0.3, -0.25) is 9.78 Å². The van der Waals surface area contributed by atoms with Crippen molar-refractivity contribution in [1.82, 2.24) is 4.98 Å². The zero-order chi connectivity index (χ0) is 6.69. The van der Waals surface area contributed by atoms with Crippen molar-refractivity contribution in [3.8, 4) is 5.75 Å². The van der Waals surface area contributed by atoms with Gasteiger partial charge in [-0.05, 0) is 6.07 Å². The molecule has 0 amide bonds. The van der Waals surface area contributed by atoms with E-state index < -0.39 is 0 Å². The third-order valence-electron chi connectivity index (χ3n) is 0.881. The lowest BCUT2D eigenvalue weighted by Gasteiger charge is -1.88. The highest BCUT2D eigenvalue weighted by molar-refractivity contribution is 5.74. The molecule has 3 heteroatoms. The Labute approximate surface area is 52.0 Å². The molecule has 1 N–H and O–H groups in total. The number of hydrogen-bond acceptors (Lipinski definition) is 3. The van der Waals surface area contributed by atoms with Gasteiger partial charge >= 0.3 is 0 Å². The van der Waals surface area contributed by atoms with Crippen LogP contribution in [0.25, 0.3) is 0 Å². The van der Waals surface area contributed by atoms with Crippen molar-refractivity contribution in [2.45, 2.75) is 0 Å². The predicted molar refractivity (Wildman–Crippen MR) is 31.3 cm³/mol. The standard InChI is InChI=1S/C6H5NO2/c8-4-5-1-6(9)3-7-2-5/h1-4,9H. The van der Waals surface area contributed by atoms with E-state index in [9.17, 15) is 4.79 Å². The topological polar surface area (TPSA) is 50.2 Å². The Balaban J connectivity index is 3.07. The van der Waals surface area contributed by atoms with E-state index in [2.05, 4.69) is 4.98 Å². The van der Waals surface area contributed by atoms with Crippen LogP contribution in [0.1, 0.15) is 10.4 Å². The summed E-state index contributed by atoms with van der Waals surface area (Å²) in [6.45, 7) is 0. The fourth-order valence-corrected chi connectivity index (χ4v) is 0.509. The largest absolute Gasteiger partial charge is 0.506 e. The van der Waals surface area contributed by atoms with Crippen molar-refractivity contribution in [2.75, 3.05) is 0 Å². The van der Waals surface area contributed by atoms with E-state index in [1.165, 1.54) is 18.5 Å². The van der Waals surface area contributed by atoms with Gasteiger partial charge in [0.1, 0.15) is 5.75 Å². The van der Waals surface area contributed by atoms with E-state index in [1.807, 2.05) is 0 Å². The lowest BCUT2D eigenvalue weighted by Crippen LogP contribution is -1.79. The summed E-state index contributed by atoms with van der Waals surface area (Å²) in [6, 6.07) is 1.35. The normalized spacial score (nSPS) is 8.89. The molecule has 0 bridgehead atoms. The van der Waals surface area contributed by atoms with Crippen LogP contribution < -0.4 is 0 Å². The Bertz CT molecular complexity index is 222. The van der Waals surface area contributed by atoms with Crippen molar-refractivity contribution in [3.05, 3.63) is 24.0 Å². The number of pyridine rings is 1. The van der Waals surface area contributed by atoms with E-state index >= 15 is 0 Å². The summed E-state index contributed by atoms with van der Waals surface area (Å²) in [5, 5.41) is 8.72. The monoisotopic (exact) mass is 123 g/mol. The van der Waals surface area contributed by atoms with E-state index in [0.29, 0.717) is 11.8 Å². The molecule has 0 saturated carbocycles. The maximum atomic E-state index is 10.0. The summed E-state index contributed by atoms with van der Waals surface area (Å²) in [4.78, 5) is 13.6. The molecule has 1 aromatic heterocycles. The van der Waals surface area contributed by atoms with Crippen LogP contribution in [0.2, 0.25) is 0 Å². The first-order chi connectivity index (χ1) is 4.33. The first-order valence-corrected chi connectivity index (χ1v) is 2.42. The maximum absolute atomic E-state index is 10.0. The van der Waals surface area contributed by atoms with E-state index in [4.69, 9.17) is 5.11 Å². The maximum Gasteiger partial charge on any atom is 0.151 e. The summed E-state index contributed by atoms with van der Waals surface area (Å²) < 4.78 is 0. The summed E-state index contributed by atoms with van der Waals surface area (Å²) in [7, 11) is 0. The van der Waals surface area contributed by atoms with E-state index in [1.54, 1.807) is 0 Å². The van der Waals surface area contributed by atoms with Gasteiger partial charge in [-0.15, -0.1) is 0 Å². The van der Waals surface area contributed by atoms with Gasteiger partial charge in [0.2, 0.25) is 0 Å². The van der Waals surface area contributed by atoms with Crippen LogP contribution in [0.4, 0.5) is 0 Å². The SMILES string of the molecule is O=Cc1cncc(O)c1. The second-order valence-electron chi connectivity index (χ2n) is 1.59. The molecule has 3 nitrogen and oxygen atoms in total. The Kier molecular flexibility index (Phi) is 1.44. The number of aldehydes is 1. The molecular weight excluding hydrogens is 118 g/mol. The minimum Gasteiger partial charge on any atom is -0.506 e. The van der Waals surface area contributed by atoms with Crippen LogP contribution >= 0.6 is 0 Å². The minimum absolute atomic E-state index is 0.0135. The molecule has 0 saturated heterocycles. The van der Waals surface area contributed by atoms with Crippen LogP contribution in [-0.2, 0) is 0 Å². The molecule has 1 aromatic rings. The Hall–Kier alpha value is -1.38. The molecule has 0 fully saturated rings. The highest BCUT2D eigenvalue weighted by atomic mass is 16.3. The number of aromatic nitrogens is 1. The molecule has 1 heterocycles. The van der Waals surface area contributed by atoms with Crippen molar-refractivity contribution in [1.29, 1.82) is 0 Å². The number of rotatable bonds is 1. The average Bonchev–Trinajstić information content (AvgIpc) is 1.88. The van der Waals surface area contributed by atoms with Crippen LogP contribution in [0.5, 0.6) is 5.75 Å². The number of hydrogen-bond donors (Lipinski definition) is 1. The highest BCUT2D eigenvalue weighted by Gasteiger charge is 1.89. The molecule has 0 aliphatic carbocycles. The summed E-state index contributed by atoms with van der Waals surface area (Å²) in [5.74, 6) is 0.0135. The Morgan fingerprint density at radius 3 is 2.78 bits per heavy atom. The molecular formula is C6H5NO2. The van der Waals surface area contributed by atoms with E-state index in [-0.39, 0.29) is 5.75 Å². The van der Waals surface area contributed by atoms with Crippen LogP contribution in [-0.4, -0.2) is 16.4 Å². The second-order valence-corrected chi connectivity index (χ2v) is 1.59. The average molecular weight is 123 g/mol. The smallest absolute Gasteiger partial charge is 0.151 e. The van der Waals surface area contributed by atoms with E-state index in [0.717, 1.165) is 0 Å². The van der Waals surface area contributed by atoms with Crippen LogP contribution in [0.3, 0.4) is 0 Å². The number of carbonyl (C=O) groups excluding carboxylic acids is 1. The molecule has 0 radical (unpaired) electrons. The van der Waals surface area contributed by atoms with Gasteiger partial charge < -0.3 is 5.11 Å². The second kappa shape index (κ2) is 2.26. The summed E-state index contributed by atoms with van der Waals surface area (Å²) >= 11 is 0. The van der Waals surface area contributed by atoms with Gasteiger partial charge in [0.25, 0.3) is 0 Å². The highest BCUT2D eigenvalue weighted by Crippen LogP contribution is 2.05. The van der Waals surface area contributed by atoms with Crippen molar-refractivity contribution >= 4 is 6.29 Å². The molecule has 0 unspecified atom stereocenters. The lowest BCUT2D eigenvalue weighted by atomic mass is 10.3. The Morgan fingerprint density at radius 1 is 1.56 bits per heavy atom. The van der Waals surface area contributed by atoms with Crippen molar-refractivity contribution in [3.63, 3.8) is 0 Å². The van der Waals surface area contributed by atoms with Gasteiger partial charge in [-0.1, -0.05) is 0 Å². The van der Waals surface area contributed by atoms with Crippen molar-refractivity contribution < 1.29 is 9.90 Å². The van der Waals surface area contributed by atoms with Crippen LogP contribution in [0, 0.1) is 0 Å². The molecule has 9 heavy (non-hydrogen) atoms. The number of aromatic hydroxyl groups is 1. The number of nitrogens with zero attached hydrogens (tertiary/aromatic N) is 1. The molecule has 0 spiro atoms. The summed E-state index contributed by atoms with van der Waals surface area (Å²) in [5.41, 5.74) is 0.384. The van der Waals surface area contributed by atoms with Gasteiger partial charge in [0.05, 0.1) is 6.20 Å². The van der Waals surface area contributed by atoms with Gasteiger partial charge in [0.15, 0.2) is 6.29 Å². The van der Waals surface area contributed by atoms with Crippen molar-refractivity contribution in [2.24, 2.45) is 0 Å². The Morgan fingerprint density at radius 2 is 2.33 bits per heavy atom. The zero-order valence-electron chi connectivity index (χ0n) is 4.61. The quantitative estimate of drug-likeness (QED) is 0.556. The first-order valence-electron chi connectivity index (χ1n) is 2.42. The number of carbonyl (C=O) groups is 1. The zero-order valence-corrected chi connectivity index (χ0v) is 4.61. The van der Waals surface area contributed by atoms with Gasteiger partial charge in [-0.2, -0.15) is 0 Å². The molecule has 46 valence electrons. The van der Waals surface area contributed by atoms with Gasteiger partial charge in [-0.25, -0.2) is 0 Å². The lowest BCUT2D eigenvalue weighted by molar-refractivity contribution is 0.112. The predicted octanol–water partition coefficient (Wildman–Crippen LogP) is 0.600. The first kappa shape index (κ1) is 5.75. The third kappa shape index (κ3) is 1.25. The van der Waals surface area contributed by atoms with Crippen LogP contribution in [0.15, 0.2) is 18.5 Å². The molecule has 0 atom stereocenters. The molecule has 0 aromatic carbocycles. The van der Waals surface area contributed by atoms with Gasteiger partial charge in [0, 0.05) is 11.8 Å². The fourth-order valence-electron chi connectivity index (χ4n) is 0.509. The fraction of sp³-hybridized carbons (Fsp3) is 0. The minimum atomic E-state index is 0.0135. The molecule has 1 rings (SSSR count). The molecule has 0 aliphatic heterocycles. The molecule has 0 aliphatic rings.